The van der Waals surface area contributed by atoms with Crippen molar-refractivity contribution in [1.82, 2.24) is 25.5 Å². The van der Waals surface area contributed by atoms with Crippen LogP contribution in [0.3, 0.4) is 0 Å². The molecule has 3 amide bonds. The van der Waals surface area contributed by atoms with Gasteiger partial charge in [0.25, 0.3) is 0 Å². The molecule has 0 aromatic carbocycles. The Balaban J connectivity index is 1.61. The van der Waals surface area contributed by atoms with Crippen molar-refractivity contribution >= 4 is 17.8 Å². The Bertz CT molecular complexity index is 1050. The number of hydrogen-bond acceptors (Lipinski definition) is 7. The second-order valence-electron chi connectivity index (χ2n) is 6.49. The summed E-state index contributed by atoms with van der Waals surface area (Å²) in [4.78, 5) is 32.0. The molecule has 3 aromatic rings. The summed E-state index contributed by atoms with van der Waals surface area (Å²) in [5.41, 5.74) is 0.208. The predicted octanol–water partition coefficient (Wildman–Crippen LogP) is 2.86. The van der Waals surface area contributed by atoms with E-state index in [1.165, 1.54) is 26.1 Å². The lowest BCUT2D eigenvalue weighted by Gasteiger charge is -2.14. The Kier molecular flexibility index (Phi) is 5.50. The number of carbonyl (C=O) groups excluding carboxylic acids is 2. The molecule has 29 heavy (non-hydrogen) atoms. The van der Waals surface area contributed by atoms with E-state index in [9.17, 15) is 9.59 Å². The number of H-pyrrole nitrogens is 1. The monoisotopic (exact) mass is 391 g/mol. The van der Waals surface area contributed by atoms with E-state index in [0.717, 1.165) is 5.56 Å². The summed E-state index contributed by atoms with van der Waals surface area (Å²) < 4.78 is 5.75. The summed E-state index contributed by atoms with van der Waals surface area (Å²) in [7, 11) is 0. The SMILES string of the molecule is CC(C)(C#N)C(=O)NC(=O)Nc1ccc(Oc2ccnc(-c3cn[nH]c3)c2)cn1. The number of aromatic nitrogens is 4. The van der Waals surface area contributed by atoms with Gasteiger partial charge in [0.05, 0.1) is 24.2 Å². The number of nitriles is 1. The molecule has 0 saturated carbocycles. The molecule has 3 N–H and O–H groups in total. The molecule has 0 saturated heterocycles. The van der Waals surface area contributed by atoms with E-state index in [-0.39, 0.29) is 5.82 Å². The highest BCUT2D eigenvalue weighted by Gasteiger charge is 2.28. The average Bonchev–Trinajstić information content (AvgIpc) is 3.24. The fourth-order valence-electron chi connectivity index (χ4n) is 2.13. The second kappa shape index (κ2) is 8.18. The molecule has 0 fully saturated rings. The average molecular weight is 391 g/mol. The standard InChI is InChI=1S/C19H17N7O3/c1-19(2,11-20)17(27)26-18(28)25-16-4-3-14(10-22-16)29-13-5-6-21-15(7-13)12-8-23-24-9-12/h3-10H,1-2H3,(H,23,24)(H2,22,25,26,27,28). The fraction of sp³-hybridized carbons (Fsp3) is 0.158. The number of hydrogen-bond donors (Lipinski definition) is 3. The van der Waals surface area contributed by atoms with Gasteiger partial charge in [-0.2, -0.15) is 10.4 Å². The zero-order chi connectivity index (χ0) is 20.9. The van der Waals surface area contributed by atoms with Gasteiger partial charge >= 0.3 is 6.03 Å². The minimum absolute atomic E-state index is 0.214. The molecule has 0 aliphatic carbocycles. The second-order valence-corrected chi connectivity index (χ2v) is 6.49. The summed E-state index contributed by atoms with van der Waals surface area (Å²) in [6, 6.07) is 7.63. The first-order valence-corrected chi connectivity index (χ1v) is 8.50. The lowest BCUT2D eigenvalue weighted by atomic mass is 9.95. The van der Waals surface area contributed by atoms with E-state index >= 15 is 0 Å². The first-order chi connectivity index (χ1) is 13.9. The van der Waals surface area contributed by atoms with Gasteiger partial charge < -0.3 is 4.74 Å². The summed E-state index contributed by atoms with van der Waals surface area (Å²) in [6.45, 7) is 2.83. The number of nitrogens with zero attached hydrogens (tertiary/aromatic N) is 4. The third kappa shape index (κ3) is 4.92. The molecule has 0 spiro atoms. The molecule has 0 bridgehead atoms. The first kappa shape index (κ1) is 19.5. The molecule has 10 nitrogen and oxygen atoms in total. The van der Waals surface area contributed by atoms with Crippen LogP contribution < -0.4 is 15.4 Å². The van der Waals surface area contributed by atoms with Crippen LogP contribution in [0.1, 0.15) is 13.8 Å². The smallest absolute Gasteiger partial charge is 0.327 e. The Morgan fingerprint density at radius 2 is 2.00 bits per heavy atom. The van der Waals surface area contributed by atoms with E-state index < -0.39 is 17.4 Å². The molecule has 0 radical (unpaired) electrons. The molecular formula is C19H17N7O3. The van der Waals surface area contributed by atoms with Gasteiger partial charge in [-0.15, -0.1) is 0 Å². The summed E-state index contributed by atoms with van der Waals surface area (Å²) in [5, 5.41) is 20.0. The van der Waals surface area contributed by atoms with Crippen molar-refractivity contribution in [3.8, 4) is 28.8 Å². The quantitative estimate of drug-likeness (QED) is 0.606. The third-order valence-corrected chi connectivity index (χ3v) is 3.81. The Morgan fingerprint density at radius 1 is 1.17 bits per heavy atom. The number of aromatic amines is 1. The van der Waals surface area contributed by atoms with Gasteiger partial charge in [-0.1, -0.05) is 0 Å². The van der Waals surface area contributed by atoms with Gasteiger partial charge in [-0.05, 0) is 32.0 Å². The van der Waals surface area contributed by atoms with Gasteiger partial charge in [0, 0.05) is 24.0 Å². The van der Waals surface area contributed by atoms with Gasteiger partial charge in [0.15, 0.2) is 0 Å². The molecular weight excluding hydrogens is 374 g/mol. The van der Waals surface area contributed by atoms with Crippen molar-refractivity contribution in [3.63, 3.8) is 0 Å². The van der Waals surface area contributed by atoms with Crippen LogP contribution in [0.15, 0.2) is 49.1 Å². The molecule has 0 unspecified atom stereocenters. The number of anilines is 1. The highest BCUT2D eigenvalue weighted by molar-refractivity contribution is 6.03. The maximum atomic E-state index is 11.9. The van der Waals surface area contributed by atoms with Crippen molar-refractivity contribution in [2.45, 2.75) is 13.8 Å². The lowest BCUT2D eigenvalue weighted by molar-refractivity contribution is -0.125. The van der Waals surface area contributed by atoms with Crippen molar-refractivity contribution in [1.29, 1.82) is 5.26 Å². The number of carbonyl (C=O) groups is 2. The predicted molar refractivity (Wildman–Crippen MR) is 103 cm³/mol. The van der Waals surface area contributed by atoms with E-state index in [4.69, 9.17) is 10.00 Å². The van der Waals surface area contributed by atoms with Gasteiger partial charge in [-0.25, -0.2) is 9.78 Å². The van der Waals surface area contributed by atoms with Crippen LogP contribution >= 0.6 is 0 Å². The Morgan fingerprint density at radius 3 is 2.66 bits per heavy atom. The topological polar surface area (TPSA) is 146 Å². The maximum Gasteiger partial charge on any atom is 0.327 e. The van der Waals surface area contributed by atoms with E-state index in [1.54, 1.807) is 36.8 Å². The number of ether oxygens (including phenoxy) is 1. The number of urea groups is 1. The number of nitrogens with one attached hydrogen (secondary N) is 3. The van der Waals surface area contributed by atoms with Crippen LogP contribution in [0.4, 0.5) is 10.6 Å². The van der Waals surface area contributed by atoms with E-state index in [0.29, 0.717) is 17.2 Å². The van der Waals surface area contributed by atoms with Gasteiger partial charge in [-0.3, -0.25) is 25.5 Å². The summed E-state index contributed by atoms with van der Waals surface area (Å²) in [6.07, 6.45) is 6.42. The molecule has 10 heteroatoms. The van der Waals surface area contributed by atoms with Gasteiger partial charge in [0.1, 0.15) is 22.7 Å². The van der Waals surface area contributed by atoms with Crippen LogP contribution in [0.5, 0.6) is 11.5 Å². The van der Waals surface area contributed by atoms with Crippen LogP contribution in [-0.4, -0.2) is 32.1 Å². The van der Waals surface area contributed by atoms with Crippen LogP contribution in [-0.2, 0) is 4.79 Å². The number of imide groups is 1. The number of pyridine rings is 2. The normalized spacial score (nSPS) is 10.7. The zero-order valence-electron chi connectivity index (χ0n) is 15.6. The molecule has 0 aliphatic heterocycles. The fourth-order valence-corrected chi connectivity index (χ4v) is 2.13. The maximum absolute atomic E-state index is 11.9. The minimum Gasteiger partial charge on any atom is -0.456 e. The van der Waals surface area contributed by atoms with Crippen LogP contribution in [0, 0.1) is 16.7 Å². The van der Waals surface area contributed by atoms with Crippen molar-refractivity contribution in [2.75, 3.05) is 5.32 Å². The Hall–Kier alpha value is -4.26. The number of amides is 3. The summed E-state index contributed by atoms with van der Waals surface area (Å²) in [5.74, 6) is 0.512. The summed E-state index contributed by atoms with van der Waals surface area (Å²) >= 11 is 0. The van der Waals surface area contributed by atoms with Crippen molar-refractivity contribution in [2.24, 2.45) is 5.41 Å². The molecule has 146 valence electrons. The largest absolute Gasteiger partial charge is 0.456 e. The van der Waals surface area contributed by atoms with Gasteiger partial charge in [0.2, 0.25) is 5.91 Å². The first-order valence-electron chi connectivity index (χ1n) is 8.50. The highest BCUT2D eigenvalue weighted by Crippen LogP contribution is 2.25. The van der Waals surface area contributed by atoms with Crippen molar-refractivity contribution < 1.29 is 14.3 Å². The molecule has 3 aromatic heterocycles. The third-order valence-electron chi connectivity index (χ3n) is 3.81. The van der Waals surface area contributed by atoms with Crippen LogP contribution in [0.2, 0.25) is 0 Å². The van der Waals surface area contributed by atoms with E-state index in [2.05, 4.69) is 30.8 Å². The molecule has 0 aliphatic rings. The highest BCUT2D eigenvalue weighted by atomic mass is 16.5. The Labute approximate surface area is 166 Å². The minimum atomic E-state index is -1.32. The van der Waals surface area contributed by atoms with Crippen molar-refractivity contribution in [3.05, 3.63) is 49.1 Å². The molecule has 0 atom stereocenters. The zero-order valence-corrected chi connectivity index (χ0v) is 15.6. The lowest BCUT2D eigenvalue weighted by Crippen LogP contribution is -2.42. The number of rotatable bonds is 5. The molecule has 3 rings (SSSR count). The van der Waals surface area contributed by atoms with Crippen LogP contribution in [0.25, 0.3) is 11.3 Å². The molecule has 3 heterocycles. The van der Waals surface area contributed by atoms with E-state index in [1.807, 2.05) is 6.07 Å².